The molecule has 0 bridgehead atoms. The van der Waals surface area contributed by atoms with Gasteiger partial charge in [-0.15, -0.1) is 0 Å². The van der Waals surface area contributed by atoms with Crippen LogP contribution in [-0.4, -0.2) is 30.6 Å². The van der Waals surface area contributed by atoms with Crippen LogP contribution in [0.2, 0.25) is 5.02 Å². The number of hydrogen-bond acceptors (Lipinski definition) is 3. The van der Waals surface area contributed by atoms with Crippen molar-refractivity contribution < 1.29 is 4.79 Å². The lowest BCUT2D eigenvalue weighted by Gasteiger charge is -2.17. The Balaban J connectivity index is 1.42. The average Bonchev–Trinajstić information content (AvgIpc) is 3.15. The molecule has 1 aromatic heterocycles. The van der Waals surface area contributed by atoms with Crippen molar-refractivity contribution in [2.75, 3.05) is 24.5 Å². The predicted molar refractivity (Wildman–Crippen MR) is 101 cm³/mol. The normalized spacial score (nSPS) is 13.7. The molecule has 0 unspecified atom stereocenters. The third-order valence-electron chi connectivity index (χ3n) is 4.28. The first kappa shape index (κ1) is 17.5. The van der Waals surface area contributed by atoms with Gasteiger partial charge in [-0.3, -0.25) is 0 Å². The van der Waals surface area contributed by atoms with Crippen molar-refractivity contribution in [1.82, 2.24) is 15.6 Å². The Labute approximate surface area is 153 Å². The molecule has 5 nitrogen and oxygen atoms in total. The highest BCUT2D eigenvalue weighted by Crippen LogP contribution is 2.18. The van der Waals surface area contributed by atoms with Gasteiger partial charge in [0.2, 0.25) is 0 Å². The smallest absolute Gasteiger partial charge is 0.315 e. The second kappa shape index (κ2) is 8.72. The first-order valence-corrected chi connectivity index (χ1v) is 9.04. The molecule has 1 aliphatic rings. The van der Waals surface area contributed by atoms with Crippen LogP contribution in [0.5, 0.6) is 0 Å². The highest BCUT2D eigenvalue weighted by Gasteiger charge is 2.13. The summed E-state index contributed by atoms with van der Waals surface area (Å²) < 4.78 is 0. The molecule has 0 aliphatic carbocycles. The number of nitrogens with zero attached hydrogens (tertiary/aromatic N) is 2. The molecule has 0 spiro atoms. The van der Waals surface area contributed by atoms with Crippen LogP contribution in [-0.2, 0) is 13.0 Å². The molecule has 2 N–H and O–H groups in total. The highest BCUT2D eigenvalue weighted by molar-refractivity contribution is 6.30. The zero-order valence-electron chi connectivity index (χ0n) is 14.2. The summed E-state index contributed by atoms with van der Waals surface area (Å²) >= 11 is 5.96. The number of hydrogen-bond donors (Lipinski definition) is 2. The van der Waals surface area contributed by atoms with Crippen LogP contribution in [0.1, 0.15) is 24.0 Å². The number of pyridine rings is 1. The molecule has 1 aromatic carbocycles. The molecule has 1 saturated heterocycles. The number of nitrogens with one attached hydrogen (secondary N) is 2. The van der Waals surface area contributed by atoms with Gasteiger partial charge in [0.25, 0.3) is 0 Å². The molecule has 0 radical (unpaired) electrons. The van der Waals surface area contributed by atoms with Crippen molar-refractivity contribution in [2.45, 2.75) is 25.8 Å². The lowest BCUT2D eigenvalue weighted by molar-refractivity contribution is 0.240. The average molecular weight is 359 g/mol. The second-order valence-corrected chi connectivity index (χ2v) is 6.64. The molecule has 1 aliphatic heterocycles. The molecule has 0 atom stereocenters. The van der Waals surface area contributed by atoms with Gasteiger partial charge in [-0.25, -0.2) is 9.78 Å². The van der Waals surface area contributed by atoms with E-state index < -0.39 is 0 Å². The van der Waals surface area contributed by atoms with Crippen LogP contribution in [0.3, 0.4) is 0 Å². The van der Waals surface area contributed by atoms with E-state index in [4.69, 9.17) is 11.6 Å². The van der Waals surface area contributed by atoms with Crippen LogP contribution in [0.4, 0.5) is 10.6 Å². The lowest BCUT2D eigenvalue weighted by Crippen LogP contribution is -2.36. The minimum atomic E-state index is -0.165. The highest BCUT2D eigenvalue weighted by atomic mass is 35.5. The molecule has 0 saturated carbocycles. The summed E-state index contributed by atoms with van der Waals surface area (Å²) in [6, 6.07) is 11.5. The molecule has 1 fully saturated rings. The van der Waals surface area contributed by atoms with Gasteiger partial charge >= 0.3 is 6.03 Å². The van der Waals surface area contributed by atoms with E-state index in [0.29, 0.717) is 18.1 Å². The maximum atomic E-state index is 11.9. The van der Waals surface area contributed by atoms with Crippen LogP contribution >= 0.6 is 11.6 Å². The lowest BCUT2D eigenvalue weighted by atomic mass is 10.1. The van der Waals surface area contributed by atoms with Gasteiger partial charge < -0.3 is 15.5 Å². The monoisotopic (exact) mass is 358 g/mol. The number of urea groups is 1. The third kappa shape index (κ3) is 5.36. The molecule has 2 aromatic rings. The number of aromatic nitrogens is 1. The number of carbonyl (C=O) groups is 1. The van der Waals surface area contributed by atoms with Gasteiger partial charge in [0.15, 0.2) is 0 Å². The fourth-order valence-corrected chi connectivity index (χ4v) is 3.16. The van der Waals surface area contributed by atoms with Gasteiger partial charge in [-0.05, 0) is 54.7 Å². The van der Waals surface area contributed by atoms with Crippen LogP contribution < -0.4 is 15.5 Å². The van der Waals surface area contributed by atoms with Gasteiger partial charge in [0, 0.05) is 37.4 Å². The minimum Gasteiger partial charge on any atom is -0.357 e. The standard InChI is InChI=1S/C19H23ClN4O/c20-17-5-3-4-15(12-17)6-9-22-19(25)23-14-16-7-8-21-18(13-16)24-10-1-2-11-24/h3-5,7-8,12-13H,1-2,6,9-11,14H2,(H2,22,23,25). The van der Waals surface area contributed by atoms with Gasteiger partial charge in [-0.2, -0.15) is 0 Å². The molecule has 2 heterocycles. The third-order valence-corrected chi connectivity index (χ3v) is 4.52. The Morgan fingerprint density at radius 3 is 2.76 bits per heavy atom. The van der Waals surface area contributed by atoms with Crippen molar-refractivity contribution in [3.8, 4) is 0 Å². The summed E-state index contributed by atoms with van der Waals surface area (Å²) in [6.07, 6.45) is 5.00. The fourth-order valence-electron chi connectivity index (χ4n) is 2.95. The summed E-state index contributed by atoms with van der Waals surface area (Å²) in [7, 11) is 0. The molecule has 132 valence electrons. The first-order chi connectivity index (χ1) is 12.2. The maximum absolute atomic E-state index is 11.9. The van der Waals surface area contributed by atoms with Crippen LogP contribution in [0.15, 0.2) is 42.6 Å². The van der Waals surface area contributed by atoms with Gasteiger partial charge in [0.05, 0.1) is 0 Å². The Hall–Kier alpha value is -2.27. The number of halogens is 1. The van der Waals surface area contributed by atoms with Gasteiger partial charge in [-0.1, -0.05) is 23.7 Å². The summed E-state index contributed by atoms with van der Waals surface area (Å²) in [5, 5.41) is 6.48. The summed E-state index contributed by atoms with van der Waals surface area (Å²) in [5.41, 5.74) is 2.17. The fraction of sp³-hybridized carbons (Fsp3) is 0.368. The van der Waals surface area contributed by atoms with E-state index in [-0.39, 0.29) is 6.03 Å². The summed E-state index contributed by atoms with van der Waals surface area (Å²) in [6.45, 7) is 3.19. The van der Waals surface area contributed by atoms with Gasteiger partial charge in [0.1, 0.15) is 5.82 Å². The van der Waals surface area contributed by atoms with Crippen molar-refractivity contribution in [3.05, 3.63) is 58.7 Å². The second-order valence-electron chi connectivity index (χ2n) is 6.21. The largest absolute Gasteiger partial charge is 0.357 e. The zero-order chi connectivity index (χ0) is 17.5. The van der Waals surface area contributed by atoms with Crippen LogP contribution in [0, 0.1) is 0 Å². The molecular weight excluding hydrogens is 336 g/mol. The Kier molecular flexibility index (Phi) is 6.12. The number of rotatable bonds is 6. The number of benzene rings is 1. The van der Waals surface area contributed by atoms with Crippen molar-refractivity contribution in [1.29, 1.82) is 0 Å². The van der Waals surface area contributed by atoms with E-state index in [2.05, 4.69) is 26.6 Å². The molecule has 25 heavy (non-hydrogen) atoms. The molecule has 3 rings (SSSR count). The SMILES string of the molecule is O=C(NCCc1cccc(Cl)c1)NCc1ccnc(N2CCCC2)c1. The van der Waals surface area contributed by atoms with E-state index in [1.54, 1.807) is 0 Å². The number of anilines is 1. The summed E-state index contributed by atoms with van der Waals surface area (Å²) in [4.78, 5) is 18.7. The van der Waals surface area contributed by atoms with Crippen LogP contribution in [0.25, 0.3) is 0 Å². The number of amides is 2. The van der Waals surface area contributed by atoms with Crippen molar-refractivity contribution in [3.63, 3.8) is 0 Å². The Morgan fingerprint density at radius 2 is 1.96 bits per heavy atom. The molecule has 2 amide bonds. The molecular formula is C19H23ClN4O. The van der Waals surface area contributed by atoms with Crippen molar-refractivity contribution in [2.24, 2.45) is 0 Å². The summed E-state index contributed by atoms with van der Waals surface area (Å²) in [5.74, 6) is 0.998. The Morgan fingerprint density at radius 1 is 1.12 bits per heavy atom. The van der Waals surface area contributed by atoms with E-state index >= 15 is 0 Å². The van der Waals surface area contributed by atoms with E-state index in [1.165, 1.54) is 12.8 Å². The maximum Gasteiger partial charge on any atom is 0.315 e. The van der Waals surface area contributed by atoms with E-state index in [1.807, 2.05) is 36.5 Å². The Bertz CT molecular complexity index is 716. The predicted octanol–water partition coefficient (Wildman–Crippen LogP) is 3.38. The zero-order valence-corrected chi connectivity index (χ0v) is 14.9. The molecule has 6 heteroatoms. The quantitative estimate of drug-likeness (QED) is 0.832. The van der Waals surface area contributed by atoms with E-state index in [9.17, 15) is 4.79 Å². The van der Waals surface area contributed by atoms with E-state index in [0.717, 1.165) is 36.5 Å². The van der Waals surface area contributed by atoms with Crippen molar-refractivity contribution >= 4 is 23.4 Å². The minimum absolute atomic E-state index is 0.165. The number of carbonyl (C=O) groups excluding carboxylic acids is 1. The topological polar surface area (TPSA) is 57.3 Å². The first-order valence-electron chi connectivity index (χ1n) is 8.67.